The molecule has 1 aromatic carbocycles. The van der Waals surface area contributed by atoms with Gasteiger partial charge < -0.3 is 5.32 Å². The summed E-state index contributed by atoms with van der Waals surface area (Å²) in [7, 11) is 2.07. The first-order chi connectivity index (χ1) is 6.36. The van der Waals surface area contributed by atoms with Crippen molar-refractivity contribution in [3.8, 4) is 0 Å². The first-order valence-corrected chi connectivity index (χ1v) is 5.12. The van der Waals surface area contributed by atoms with Gasteiger partial charge in [0.25, 0.3) is 0 Å². The molecule has 1 nitrogen and oxygen atoms in total. The molecular weight excluding hydrogens is 158 g/mol. The Kier molecular flexibility index (Phi) is 2.36. The molecule has 0 saturated carbocycles. The second-order valence-electron chi connectivity index (χ2n) is 3.81. The van der Waals surface area contributed by atoms with E-state index >= 15 is 0 Å². The third-order valence-electron chi connectivity index (χ3n) is 3.19. The van der Waals surface area contributed by atoms with Gasteiger partial charge in [-0.15, -0.1) is 0 Å². The SMILES string of the molecule is CC[C@@H]1c2ccccc2CC1NC. The summed E-state index contributed by atoms with van der Waals surface area (Å²) >= 11 is 0. The Bertz CT molecular complexity index is 293. The predicted molar refractivity (Wildman–Crippen MR) is 56.0 cm³/mol. The summed E-state index contributed by atoms with van der Waals surface area (Å²) in [6.45, 7) is 2.27. The summed E-state index contributed by atoms with van der Waals surface area (Å²) in [5.74, 6) is 0.723. The number of hydrogen-bond acceptors (Lipinski definition) is 1. The summed E-state index contributed by atoms with van der Waals surface area (Å²) in [5.41, 5.74) is 3.10. The Morgan fingerprint density at radius 1 is 1.38 bits per heavy atom. The Balaban J connectivity index is 2.34. The third kappa shape index (κ3) is 1.37. The smallest absolute Gasteiger partial charge is 0.0173 e. The van der Waals surface area contributed by atoms with Crippen molar-refractivity contribution in [3.05, 3.63) is 35.4 Å². The van der Waals surface area contributed by atoms with E-state index in [2.05, 4.69) is 43.6 Å². The van der Waals surface area contributed by atoms with Crippen LogP contribution in [0.5, 0.6) is 0 Å². The zero-order valence-electron chi connectivity index (χ0n) is 8.38. The fourth-order valence-corrected chi connectivity index (χ4v) is 2.49. The first kappa shape index (κ1) is 8.76. The van der Waals surface area contributed by atoms with E-state index in [4.69, 9.17) is 0 Å². The standard InChI is InChI=1S/C12H17N/c1-3-10-11-7-5-4-6-9(11)8-12(10)13-2/h4-7,10,12-13H,3,8H2,1-2H3/t10-,12?/m1/s1. The Morgan fingerprint density at radius 3 is 2.85 bits per heavy atom. The molecule has 1 N–H and O–H groups in total. The number of hydrogen-bond donors (Lipinski definition) is 1. The van der Waals surface area contributed by atoms with Crippen molar-refractivity contribution in [1.29, 1.82) is 0 Å². The van der Waals surface area contributed by atoms with Crippen LogP contribution in [0.4, 0.5) is 0 Å². The van der Waals surface area contributed by atoms with E-state index in [1.54, 1.807) is 5.56 Å². The maximum absolute atomic E-state index is 3.41. The highest BCUT2D eigenvalue weighted by molar-refractivity contribution is 5.37. The van der Waals surface area contributed by atoms with Crippen LogP contribution >= 0.6 is 0 Å². The van der Waals surface area contributed by atoms with Crippen molar-refractivity contribution in [2.24, 2.45) is 0 Å². The topological polar surface area (TPSA) is 12.0 Å². The minimum atomic E-state index is 0.655. The third-order valence-corrected chi connectivity index (χ3v) is 3.19. The van der Waals surface area contributed by atoms with Crippen LogP contribution in [0.2, 0.25) is 0 Å². The van der Waals surface area contributed by atoms with Crippen LogP contribution in [0, 0.1) is 0 Å². The molecule has 0 fully saturated rings. The van der Waals surface area contributed by atoms with Crippen LogP contribution < -0.4 is 5.32 Å². The second kappa shape index (κ2) is 3.51. The van der Waals surface area contributed by atoms with E-state index in [1.807, 2.05) is 0 Å². The normalized spacial score (nSPS) is 26.0. The average molecular weight is 175 g/mol. The summed E-state index contributed by atoms with van der Waals surface area (Å²) in [6.07, 6.45) is 2.44. The molecule has 0 aromatic heterocycles. The minimum absolute atomic E-state index is 0.655. The zero-order valence-corrected chi connectivity index (χ0v) is 8.38. The van der Waals surface area contributed by atoms with E-state index < -0.39 is 0 Å². The molecule has 1 aliphatic carbocycles. The molecule has 0 saturated heterocycles. The molecule has 2 rings (SSSR count). The largest absolute Gasteiger partial charge is 0.316 e. The van der Waals surface area contributed by atoms with Gasteiger partial charge >= 0.3 is 0 Å². The molecule has 70 valence electrons. The van der Waals surface area contributed by atoms with Gasteiger partial charge in [0.05, 0.1) is 0 Å². The fourth-order valence-electron chi connectivity index (χ4n) is 2.49. The van der Waals surface area contributed by atoms with Gasteiger partial charge in [-0.05, 0) is 36.9 Å². The lowest BCUT2D eigenvalue weighted by Crippen LogP contribution is -2.28. The molecule has 1 aromatic rings. The maximum Gasteiger partial charge on any atom is 0.0173 e. The van der Waals surface area contributed by atoms with Gasteiger partial charge in [0.2, 0.25) is 0 Å². The molecule has 1 aliphatic rings. The molecule has 0 heterocycles. The molecule has 0 spiro atoms. The van der Waals surface area contributed by atoms with E-state index in [0.717, 1.165) is 5.92 Å². The molecule has 13 heavy (non-hydrogen) atoms. The van der Waals surface area contributed by atoms with Gasteiger partial charge in [-0.1, -0.05) is 31.2 Å². The van der Waals surface area contributed by atoms with E-state index in [-0.39, 0.29) is 0 Å². The van der Waals surface area contributed by atoms with E-state index in [9.17, 15) is 0 Å². The average Bonchev–Trinajstić information content (AvgIpc) is 2.55. The summed E-state index contributed by atoms with van der Waals surface area (Å²) < 4.78 is 0. The number of nitrogens with one attached hydrogen (secondary N) is 1. The number of likely N-dealkylation sites (N-methyl/N-ethyl adjacent to an activating group) is 1. The number of benzene rings is 1. The number of rotatable bonds is 2. The monoisotopic (exact) mass is 175 g/mol. The van der Waals surface area contributed by atoms with Crippen molar-refractivity contribution < 1.29 is 0 Å². The summed E-state index contributed by atoms with van der Waals surface area (Å²) in [4.78, 5) is 0. The lowest BCUT2D eigenvalue weighted by Gasteiger charge is -2.17. The van der Waals surface area contributed by atoms with Crippen LogP contribution in [0.1, 0.15) is 30.4 Å². The van der Waals surface area contributed by atoms with Crippen molar-refractivity contribution >= 4 is 0 Å². The van der Waals surface area contributed by atoms with Crippen LogP contribution in [-0.2, 0) is 6.42 Å². The molecule has 0 radical (unpaired) electrons. The van der Waals surface area contributed by atoms with Crippen LogP contribution in [-0.4, -0.2) is 13.1 Å². The van der Waals surface area contributed by atoms with Gasteiger partial charge in [0, 0.05) is 6.04 Å². The fraction of sp³-hybridized carbons (Fsp3) is 0.500. The summed E-state index contributed by atoms with van der Waals surface area (Å²) in [6, 6.07) is 9.49. The highest BCUT2D eigenvalue weighted by atomic mass is 14.9. The predicted octanol–water partition coefficient (Wildman–Crippen LogP) is 2.32. The summed E-state index contributed by atoms with van der Waals surface area (Å²) in [5, 5.41) is 3.41. The second-order valence-corrected chi connectivity index (χ2v) is 3.81. The quantitative estimate of drug-likeness (QED) is 0.727. The highest BCUT2D eigenvalue weighted by Gasteiger charge is 2.29. The Labute approximate surface area is 80.2 Å². The van der Waals surface area contributed by atoms with E-state index in [1.165, 1.54) is 18.4 Å². The lowest BCUT2D eigenvalue weighted by molar-refractivity contribution is 0.484. The van der Waals surface area contributed by atoms with Gasteiger partial charge in [0.1, 0.15) is 0 Å². The van der Waals surface area contributed by atoms with Gasteiger partial charge in [0.15, 0.2) is 0 Å². The van der Waals surface area contributed by atoms with Crippen molar-refractivity contribution in [2.45, 2.75) is 31.7 Å². The molecule has 0 aliphatic heterocycles. The number of fused-ring (bicyclic) bond motifs is 1. The molecule has 1 heteroatoms. The maximum atomic E-state index is 3.41. The Hall–Kier alpha value is -0.820. The van der Waals surface area contributed by atoms with Crippen molar-refractivity contribution in [1.82, 2.24) is 5.32 Å². The van der Waals surface area contributed by atoms with Crippen molar-refractivity contribution in [3.63, 3.8) is 0 Å². The molecule has 2 atom stereocenters. The zero-order chi connectivity index (χ0) is 9.26. The minimum Gasteiger partial charge on any atom is -0.316 e. The van der Waals surface area contributed by atoms with E-state index in [0.29, 0.717) is 6.04 Å². The first-order valence-electron chi connectivity index (χ1n) is 5.12. The van der Waals surface area contributed by atoms with Crippen LogP contribution in [0.15, 0.2) is 24.3 Å². The highest BCUT2D eigenvalue weighted by Crippen LogP contribution is 2.34. The van der Waals surface area contributed by atoms with Gasteiger partial charge in [-0.2, -0.15) is 0 Å². The molecule has 0 bridgehead atoms. The molecule has 1 unspecified atom stereocenters. The van der Waals surface area contributed by atoms with Gasteiger partial charge in [-0.25, -0.2) is 0 Å². The van der Waals surface area contributed by atoms with Crippen molar-refractivity contribution in [2.75, 3.05) is 7.05 Å². The van der Waals surface area contributed by atoms with Crippen LogP contribution in [0.3, 0.4) is 0 Å². The molecule has 0 amide bonds. The lowest BCUT2D eigenvalue weighted by atomic mass is 9.96. The van der Waals surface area contributed by atoms with Gasteiger partial charge in [-0.3, -0.25) is 0 Å². The molecular formula is C12H17N. The van der Waals surface area contributed by atoms with Crippen LogP contribution in [0.25, 0.3) is 0 Å². The Morgan fingerprint density at radius 2 is 2.15 bits per heavy atom.